The Bertz CT molecular complexity index is 387. The first kappa shape index (κ1) is 17.8. The quantitative estimate of drug-likeness (QED) is 0.803. The minimum atomic E-state index is -0.202. The molecule has 0 fully saturated rings. The number of aliphatic hydroxyl groups excluding tert-OH is 1. The van der Waals surface area contributed by atoms with E-state index in [0.29, 0.717) is 30.1 Å². The molecule has 1 rings (SSSR count). The van der Waals surface area contributed by atoms with Gasteiger partial charge in [-0.15, -0.1) is 12.4 Å². The predicted octanol–water partition coefficient (Wildman–Crippen LogP) is 1.91. The largest absolute Gasteiger partial charge is 0.496 e. The van der Waals surface area contributed by atoms with E-state index in [2.05, 4.69) is 0 Å². The van der Waals surface area contributed by atoms with E-state index in [4.69, 9.17) is 25.1 Å². The van der Waals surface area contributed by atoms with Crippen LogP contribution in [0.3, 0.4) is 0 Å². The van der Waals surface area contributed by atoms with E-state index < -0.39 is 0 Å². The number of hydrogen-bond donors (Lipinski definition) is 2. The maximum atomic E-state index is 8.84. The van der Waals surface area contributed by atoms with Gasteiger partial charge in [0.25, 0.3) is 0 Å². The second-order valence-electron chi connectivity index (χ2n) is 3.92. The fraction of sp³-hybridized carbons (Fsp3) is 0.538. The SMILES string of the molecule is COc1cc(OC)c([C@H](N)CCCO)cc1OC.Cl. The molecule has 0 amide bonds. The molecule has 0 radical (unpaired) electrons. The van der Waals surface area contributed by atoms with Crippen molar-refractivity contribution in [2.45, 2.75) is 18.9 Å². The van der Waals surface area contributed by atoms with Crippen molar-refractivity contribution in [1.82, 2.24) is 0 Å². The van der Waals surface area contributed by atoms with Gasteiger partial charge in [0.1, 0.15) is 5.75 Å². The van der Waals surface area contributed by atoms with Crippen molar-refractivity contribution in [2.75, 3.05) is 27.9 Å². The molecule has 0 aliphatic rings. The summed E-state index contributed by atoms with van der Waals surface area (Å²) in [7, 11) is 4.74. The number of hydrogen-bond acceptors (Lipinski definition) is 5. The lowest BCUT2D eigenvalue weighted by Crippen LogP contribution is -2.12. The number of benzene rings is 1. The van der Waals surface area contributed by atoms with E-state index in [9.17, 15) is 0 Å². The predicted molar refractivity (Wildman–Crippen MR) is 76.6 cm³/mol. The number of ether oxygens (including phenoxy) is 3. The molecule has 0 aromatic heterocycles. The van der Waals surface area contributed by atoms with Gasteiger partial charge in [-0.1, -0.05) is 0 Å². The van der Waals surface area contributed by atoms with Crippen LogP contribution in [0.5, 0.6) is 17.2 Å². The average Bonchev–Trinajstić information content (AvgIpc) is 2.42. The summed E-state index contributed by atoms with van der Waals surface area (Å²) in [6.07, 6.45) is 1.33. The molecule has 0 heterocycles. The van der Waals surface area contributed by atoms with Gasteiger partial charge in [-0.25, -0.2) is 0 Å². The third-order valence-electron chi connectivity index (χ3n) is 2.81. The van der Waals surface area contributed by atoms with Crippen LogP contribution in [0.1, 0.15) is 24.4 Å². The monoisotopic (exact) mass is 291 g/mol. The Balaban J connectivity index is 0.00000324. The Morgan fingerprint density at radius 2 is 1.58 bits per heavy atom. The molecule has 110 valence electrons. The van der Waals surface area contributed by atoms with Crippen LogP contribution in [-0.2, 0) is 0 Å². The summed E-state index contributed by atoms with van der Waals surface area (Å²) >= 11 is 0. The Morgan fingerprint density at radius 1 is 1.05 bits per heavy atom. The van der Waals surface area contributed by atoms with Crippen molar-refractivity contribution < 1.29 is 19.3 Å². The summed E-state index contributed by atoms with van der Waals surface area (Å²) in [5.41, 5.74) is 6.94. The van der Waals surface area contributed by atoms with E-state index in [1.807, 2.05) is 6.07 Å². The van der Waals surface area contributed by atoms with Crippen LogP contribution in [0.25, 0.3) is 0 Å². The second-order valence-corrected chi connectivity index (χ2v) is 3.92. The van der Waals surface area contributed by atoms with E-state index >= 15 is 0 Å². The summed E-state index contributed by atoms with van der Waals surface area (Å²) in [6, 6.07) is 3.37. The minimum absolute atomic E-state index is 0. The second kappa shape index (κ2) is 8.85. The van der Waals surface area contributed by atoms with Crippen LogP contribution in [0.4, 0.5) is 0 Å². The molecule has 5 nitrogen and oxygen atoms in total. The van der Waals surface area contributed by atoms with Crippen LogP contribution in [-0.4, -0.2) is 33.0 Å². The van der Waals surface area contributed by atoms with E-state index in [0.717, 1.165) is 5.56 Å². The fourth-order valence-electron chi connectivity index (χ4n) is 1.81. The van der Waals surface area contributed by atoms with Gasteiger partial charge in [0.15, 0.2) is 11.5 Å². The molecule has 0 bridgehead atoms. The first-order chi connectivity index (χ1) is 8.67. The van der Waals surface area contributed by atoms with Gasteiger partial charge < -0.3 is 25.1 Å². The Hall–Kier alpha value is -1.17. The molecule has 1 atom stereocenters. The summed E-state index contributed by atoms with van der Waals surface area (Å²) in [5, 5.41) is 8.84. The van der Waals surface area contributed by atoms with Gasteiger partial charge in [-0.05, 0) is 18.9 Å². The molecule has 0 spiro atoms. The average molecular weight is 292 g/mol. The van der Waals surface area contributed by atoms with Crippen molar-refractivity contribution in [1.29, 1.82) is 0 Å². The molecule has 0 aliphatic heterocycles. The van der Waals surface area contributed by atoms with Gasteiger partial charge in [0.05, 0.1) is 21.3 Å². The summed E-state index contributed by atoms with van der Waals surface area (Å²) in [4.78, 5) is 0. The van der Waals surface area contributed by atoms with Crippen molar-refractivity contribution in [2.24, 2.45) is 5.73 Å². The van der Waals surface area contributed by atoms with Crippen molar-refractivity contribution in [3.8, 4) is 17.2 Å². The molecule has 1 aromatic carbocycles. The lowest BCUT2D eigenvalue weighted by molar-refractivity contribution is 0.279. The lowest BCUT2D eigenvalue weighted by Gasteiger charge is -2.18. The molecule has 3 N–H and O–H groups in total. The van der Waals surface area contributed by atoms with Crippen LogP contribution in [0, 0.1) is 0 Å². The number of aliphatic hydroxyl groups is 1. The highest BCUT2D eigenvalue weighted by atomic mass is 35.5. The number of halogens is 1. The van der Waals surface area contributed by atoms with Gasteiger partial charge in [-0.2, -0.15) is 0 Å². The zero-order chi connectivity index (χ0) is 13.5. The maximum absolute atomic E-state index is 8.84. The van der Waals surface area contributed by atoms with Crippen LogP contribution < -0.4 is 19.9 Å². The van der Waals surface area contributed by atoms with Gasteiger partial charge in [-0.3, -0.25) is 0 Å². The smallest absolute Gasteiger partial charge is 0.164 e. The molecular weight excluding hydrogens is 270 g/mol. The van der Waals surface area contributed by atoms with Gasteiger partial charge in [0, 0.05) is 24.3 Å². The standard InChI is InChI=1S/C13H21NO4.ClH/c1-16-11-8-13(18-3)12(17-2)7-9(11)10(14)5-4-6-15;/h7-8,10,15H,4-6,14H2,1-3H3;1H/t10-;/m1./s1. The zero-order valence-corrected chi connectivity index (χ0v) is 12.3. The minimum Gasteiger partial charge on any atom is -0.496 e. The molecule has 0 saturated carbocycles. The summed E-state index contributed by atoms with van der Waals surface area (Å²) in [6.45, 7) is 0.128. The molecule has 1 aromatic rings. The van der Waals surface area contributed by atoms with Gasteiger partial charge >= 0.3 is 0 Å². The normalized spacial score (nSPS) is 11.4. The van der Waals surface area contributed by atoms with Crippen LogP contribution in [0.15, 0.2) is 12.1 Å². The van der Waals surface area contributed by atoms with Crippen LogP contribution in [0.2, 0.25) is 0 Å². The van der Waals surface area contributed by atoms with E-state index in [1.165, 1.54) is 0 Å². The van der Waals surface area contributed by atoms with Crippen LogP contribution >= 0.6 is 12.4 Å². The highest BCUT2D eigenvalue weighted by molar-refractivity contribution is 5.85. The molecular formula is C13H22ClNO4. The highest BCUT2D eigenvalue weighted by Gasteiger charge is 2.16. The number of rotatable bonds is 7. The summed E-state index contributed by atoms with van der Waals surface area (Å²) < 4.78 is 15.8. The third kappa shape index (κ3) is 4.45. The Kier molecular flexibility index (Phi) is 8.30. The fourth-order valence-corrected chi connectivity index (χ4v) is 1.81. The zero-order valence-electron chi connectivity index (χ0n) is 11.5. The third-order valence-corrected chi connectivity index (χ3v) is 2.81. The van der Waals surface area contributed by atoms with Crippen molar-refractivity contribution >= 4 is 12.4 Å². The molecule has 6 heteroatoms. The van der Waals surface area contributed by atoms with Crippen molar-refractivity contribution in [3.63, 3.8) is 0 Å². The first-order valence-electron chi connectivity index (χ1n) is 5.84. The maximum Gasteiger partial charge on any atom is 0.164 e. The molecule has 0 aliphatic carbocycles. The lowest BCUT2D eigenvalue weighted by atomic mass is 10.0. The van der Waals surface area contributed by atoms with E-state index in [-0.39, 0.29) is 25.1 Å². The van der Waals surface area contributed by atoms with E-state index in [1.54, 1.807) is 27.4 Å². The number of methoxy groups -OCH3 is 3. The van der Waals surface area contributed by atoms with Gasteiger partial charge in [0.2, 0.25) is 0 Å². The first-order valence-corrected chi connectivity index (χ1v) is 5.84. The Labute approximate surface area is 120 Å². The topological polar surface area (TPSA) is 73.9 Å². The molecule has 0 unspecified atom stereocenters. The number of nitrogens with two attached hydrogens (primary N) is 1. The molecule has 0 saturated heterocycles. The van der Waals surface area contributed by atoms with Crippen molar-refractivity contribution in [3.05, 3.63) is 17.7 Å². The summed E-state index contributed by atoms with van der Waals surface area (Å²) in [5.74, 6) is 1.89. The molecule has 19 heavy (non-hydrogen) atoms. The highest BCUT2D eigenvalue weighted by Crippen LogP contribution is 2.37. The Morgan fingerprint density at radius 3 is 2.05 bits per heavy atom.